The highest BCUT2D eigenvalue weighted by atomic mass is 16.5. The molecule has 106 valence electrons. The molecule has 0 amide bonds. The first-order valence-electron chi connectivity index (χ1n) is 7.49. The van der Waals surface area contributed by atoms with Gasteiger partial charge < -0.3 is 4.74 Å². The second-order valence-electron chi connectivity index (χ2n) is 5.27. The predicted octanol–water partition coefficient (Wildman–Crippen LogP) is 5.55. The fourth-order valence-electron chi connectivity index (χ4n) is 2.31. The summed E-state index contributed by atoms with van der Waals surface area (Å²) in [6, 6.07) is 4.37. The molecule has 1 unspecified atom stereocenters. The predicted molar refractivity (Wildman–Crippen MR) is 84.2 cm³/mol. The van der Waals surface area contributed by atoms with E-state index in [1.165, 1.54) is 16.7 Å². The lowest BCUT2D eigenvalue weighted by Gasteiger charge is -2.18. The molecule has 0 aromatic heterocycles. The Hall–Kier alpha value is -1.24. The lowest BCUT2D eigenvalue weighted by Crippen LogP contribution is -2.02. The highest BCUT2D eigenvalue weighted by Gasteiger charge is 2.11. The Balaban J connectivity index is 2.85. The van der Waals surface area contributed by atoms with Gasteiger partial charge >= 0.3 is 0 Å². The van der Waals surface area contributed by atoms with E-state index in [4.69, 9.17) is 4.74 Å². The van der Waals surface area contributed by atoms with Crippen molar-refractivity contribution < 1.29 is 4.74 Å². The van der Waals surface area contributed by atoms with Crippen molar-refractivity contribution in [3.8, 4) is 5.75 Å². The summed E-state index contributed by atoms with van der Waals surface area (Å²) in [6.45, 7) is 11.8. The third-order valence-electron chi connectivity index (χ3n) is 3.66. The molecule has 0 saturated carbocycles. The van der Waals surface area contributed by atoms with Gasteiger partial charge in [-0.1, -0.05) is 39.0 Å². The van der Waals surface area contributed by atoms with Gasteiger partial charge in [0.05, 0.1) is 6.61 Å². The monoisotopic (exact) mass is 260 g/mol. The van der Waals surface area contributed by atoms with Crippen LogP contribution in [0.15, 0.2) is 24.3 Å². The normalized spacial score (nSPS) is 12.9. The fourth-order valence-corrected chi connectivity index (χ4v) is 2.31. The average Bonchev–Trinajstić information content (AvgIpc) is 2.40. The van der Waals surface area contributed by atoms with Crippen LogP contribution in [0.1, 0.15) is 62.6 Å². The average molecular weight is 260 g/mol. The summed E-state index contributed by atoms with van der Waals surface area (Å²) >= 11 is 0. The molecule has 0 aliphatic carbocycles. The molecular formula is C18H28O. The second kappa shape index (κ2) is 8.04. The van der Waals surface area contributed by atoms with Crippen molar-refractivity contribution in [2.45, 2.75) is 59.8 Å². The third kappa shape index (κ3) is 4.41. The van der Waals surface area contributed by atoms with E-state index < -0.39 is 0 Å². The SMILES string of the molecule is CC/C=C\CC(C)c1ccc(OCCC)c(C)c1C. The molecule has 0 heterocycles. The minimum Gasteiger partial charge on any atom is -0.493 e. The Morgan fingerprint density at radius 1 is 1.11 bits per heavy atom. The first-order chi connectivity index (χ1) is 9.11. The number of hydrogen-bond donors (Lipinski definition) is 0. The van der Waals surface area contributed by atoms with Gasteiger partial charge in [0.15, 0.2) is 0 Å². The zero-order chi connectivity index (χ0) is 14.3. The maximum atomic E-state index is 5.79. The number of rotatable bonds is 7. The van der Waals surface area contributed by atoms with E-state index in [0.29, 0.717) is 5.92 Å². The molecule has 0 saturated heterocycles. The van der Waals surface area contributed by atoms with Crippen LogP contribution in [0.2, 0.25) is 0 Å². The van der Waals surface area contributed by atoms with Crippen molar-refractivity contribution >= 4 is 0 Å². The molecule has 1 atom stereocenters. The van der Waals surface area contributed by atoms with Crippen LogP contribution in [-0.4, -0.2) is 6.61 Å². The molecule has 0 aliphatic rings. The number of hydrogen-bond acceptors (Lipinski definition) is 1. The van der Waals surface area contributed by atoms with Crippen LogP contribution < -0.4 is 4.74 Å². The summed E-state index contributed by atoms with van der Waals surface area (Å²) < 4.78 is 5.79. The zero-order valence-electron chi connectivity index (χ0n) is 13.1. The van der Waals surface area contributed by atoms with Gasteiger partial charge in [0, 0.05) is 0 Å². The summed E-state index contributed by atoms with van der Waals surface area (Å²) in [5.74, 6) is 1.61. The van der Waals surface area contributed by atoms with Gasteiger partial charge in [0.25, 0.3) is 0 Å². The Morgan fingerprint density at radius 3 is 2.47 bits per heavy atom. The molecule has 1 nitrogen and oxygen atoms in total. The van der Waals surface area contributed by atoms with Gasteiger partial charge in [-0.15, -0.1) is 0 Å². The van der Waals surface area contributed by atoms with Crippen molar-refractivity contribution in [2.24, 2.45) is 0 Å². The Bertz CT molecular complexity index is 418. The van der Waals surface area contributed by atoms with Gasteiger partial charge in [-0.3, -0.25) is 0 Å². The Morgan fingerprint density at radius 2 is 1.84 bits per heavy atom. The van der Waals surface area contributed by atoms with Gasteiger partial charge in [-0.2, -0.15) is 0 Å². The zero-order valence-corrected chi connectivity index (χ0v) is 13.1. The molecule has 1 rings (SSSR count). The molecule has 1 aromatic rings. The van der Waals surface area contributed by atoms with Crippen molar-refractivity contribution in [1.29, 1.82) is 0 Å². The van der Waals surface area contributed by atoms with E-state index in [0.717, 1.165) is 31.6 Å². The minimum absolute atomic E-state index is 0.571. The van der Waals surface area contributed by atoms with E-state index in [2.05, 4.69) is 58.9 Å². The van der Waals surface area contributed by atoms with Crippen molar-refractivity contribution in [3.05, 3.63) is 41.0 Å². The van der Waals surface area contributed by atoms with Crippen LogP contribution in [0.4, 0.5) is 0 Å². The largest absolute Gasteiger partial charge is 0.493 e. The smallest absolute Gasteiger partial charge is 0.122 e. The van der Waals surface area contributed by atoms with Gasteiger partial charge in [-0.05, 0) is 61.8 Å². The minimum atomic E-state index is 0.571. The molecule has 0 radical (unpaired) electrons. The van der Waals surface area contributed by atoms with Gasteiger partial charge in [0.1, 0.15) is 5.75 Å². The van der Waals surface area contributed by atoms with Crippen molar-refractivity contribution in [2.75, 3.05) is 6.61 Å². The second-order valence-corrected chi connectivity index (χ2v) is 5.27. The molecule has 0 aliphatic heterocycles. The van der Waals surface area contributed by atoms with Gasteiger partial charge in [-0.25, -0.2) is 0 Å². The molecule has 0 fully saturated rings. The van der Waals surface area contributed by atoms with Crippen LogP contribution in [0.3, 0.4) is 0 Å². The third-order valence-corrected chi connectivity index (χ3v) is 3.66. The molecule has 0 bridgehead atoms. The Labute approximate surface area is 118 Å². The van der Waals surface area contributed by atoms with Crippen LogP contribution >= 0.6 is 0 Å². The first-order valence-corrected chi connectivity index (χ1v) is 7.49. The topological polar surface area (TPSA) is 9.23 Å². The molecule has 0 N–H and O–H groups in total. The molecular weight excluding hydrogens is 232 g/mol. The lowest BCUT2D eigenvalue weighted by molar-refractivity contribution is 0.315. The van der Waals surface area contributed by atoms with E-state index in [1.54, 1.807) is 0 Å². The van der Waals surface area contributed by atoms with Crippen molar-refractivity contribution in [3.63, 3.8) is 0 Å². The highest BCUT2D eigenvalue weighted by molar-refractivity contribution is 5.45. The molecule has 1 heteroatoms. The summed E-state index contributed by atoms with van der Waals surface area (Å²) in [5.41, 5.74) is 4.12. The van der Waals surface area contributed by atoms with E-state index in [1.807, 2.05) is 0 Å². The van der Waals surface area contributed by atoms with E-state index >= 15 is 0 Å². The van der Waals surface area contributed by atoms with Crippen LogP contribution in [0, 0.1) is 13.8 Å². The lowest BCUT2D eigenvalue weighted by atomic mass is 9.91. The summed E-state index contributed by atoms with van der Waals surface area (Å²) in [5, 5.41) is 0. The molecule has 0 spiro atoms. The maximum Gasteiger partial charge on any atom is 0.122 e. The van der Waals surface area contributed by atoms with Crippen LogP contribution in [-0.2, 0) is 0 Å². The molecule has 1 aromatic carbocycles. The van der Waals surface area contributed by atoms with Crippen LogP contribution in [0.25, 0.3) is 0 Å². The first kappa shape index (κ1) is 15.8. The van der Waals surface area contributed by atoms with E-state index in [9.17, 15) is 0 Å². The van der Waals surface area contributed by atoms with Crippen LogP contribution in [0.5, 0.6) is 5.75 Å². The quantitative estimate of drug-likeness (QED) is 0.584. The highest BCUT2D eigenvalue weighted by Crippen LogP contribution is 2.30. The Kier molecular flexibility index (Phi) is 6.69. The maximum absolute atomic E-state index is 5.79. The summed E-state index contributed by atoms with van der Waals surface area (Å²) in [6.07, 6.45) is 7.83. The standard InChI is InChI=1S/C18H28O/c1-6-8-9-10-14(3)17-11-12-18(19-13-7-2)16(5)15(17)4/h8-9,11-12,14H,6-7,10,13H2,1-5H3/b9-8-. The summed E-state index contributed by atoms with van der Waals surface area (Å²) in [4.78, 5) is 0. The summed E-state index contributed by atoms with van der Waals surface area (Å²) in [7, 11) is 0. The number of benzene rings is 1. The fraction of sp³-hybridized carbons (Fsp3) is 0.556. The van der Waals surface area contributed by atoms with E-state index in [-0.39, 0.29) is 0 Å². The van der Waals surface area contributed by atoms with Gasteiger partial charge in [0.2, 0.25) is 0 Å². The van der Waals surface area contributed by atoms with Crippen molar-refractivity contribution in [1.82, 2.24) is 0 Å². The number of allylic oxidation sites excluding steroid dienone is 2. The number of ether oxygens (including phenoxy) is 1. The molecule has 19 heavy (non-hydrogen) atoms.